The van der Waals surface area contributed by atoms with Crippen LogP contribution in [-0.2, 0) is 4.74 Å². The van der Waals surface area contributed by atoms with Crippen LogP contribution in [0.5, 0.6) is 0 Å². The van der Waals surface area contributed by atoms with E-state index in [9.17, 15) is 0 Å². The minimum atomic E-state index is 0.0648. The maximum atomic E-state index is 5.25. The second-order valence-corrected chi connectivity index (χ2v) is 1.55. The molecule has 1 aliphatic rings. The molecule has 6 heavy (non-hydrogen) atoms. The van der Waals surface area contributed by atoms with Crippen LogP contribution in [0, 0.1) is 0 Å². The van der Waals surface area contributed by atoms with Gasteiger partial charge < -0.3 is 10.5 Å². The van der Waals surface area contributed by atoms with Crippen LogP contribution in [0.1, 0.15) is 13.3 Å². The van der Waals surface area contributed by atoms with Gasteiger partial charge in [-0.1, -0.05) is 6.92 Å². The fraction of sp³-hybridized carbons (Fsp3) is 1.00. The summed E-state index contributed by atoms with van der Waals surface area (Å²) in [4.78, 5) is 0. The molecule has 0 saturated carbocycles. The molecule has 0 aromatic rings. The molecule has 0 aromatic carbocycles. The number of nitrogens with two attached hydrogens (primary N) is 1. The Hall–Kier alpha value is -0.0800. The zero-order chi connectivity index (χ0) is 4.57. The van der Waals surface area contributed by atoms with Crippen LogP contribution in [0.3, 0.4) is 0 Å². The van der Waals surface area contributed by atoms with Crippen LogP contribution in [0.4, 0.5) is 0 Å². The minimum absolute atomic E-state index is 0.0648. The quantitative estimate of drug-likeness (QED) is 0.460. The van der Waals surface area contributed by atoms with Crippen molar-refractivity contribution in [2.45, 2.75) is 25.7 Å². The molecule has 2 atom stereocenters. The van der Waals surface area contributed by atoms with Crippen molar-refractivity contribution in [2.75, 3.05) is 0 Å². The van der Waals surface area contributed by atoms with E-state index in [0.29, 0.717) is 6.10 Å². The van der Waals surface area contributed by atoms with Gasteiger partial charge in [0, 0.05) is 0 Å². The Labute approximate surface area is 37.3 Å². The zero-order valence-electron chi connectivity index (χ0n) is 3.85. The van der Waals surface area contributed by atoms with Crippen LogP contribution in [-0.4, -0.2) is 12.3 Å². The lowest BCUT2D eigenvalue weighted by Gasteiger charge is -1.72. The van der Waals surface area contributed by atoms with Crippen molar-refractivity contribution in [3.05, 3.63) is 0 Å². The molecule has 2 N–H and O–H groups in total. The van der Waals surface area contributed by atoms with Crippen molar-refractivity contribution in [1.82, 2.24) is 0 Å². The minimum Gasteiger partial charge on any atom is -0.353 e. The molecular weight excluding hydrogens is 78.1 g/mol. The Balaban J connectivity index is 2.09. The van der Waals surface area contributed by atoms with Crippen LogP contribution >= 0.6 is 0 Å². The predicted octanol–water partition coefficient (Wildman–Crippen LogP) is 0.0800. The maximum absolute atomic E-state index is 5.25. The molecule has 0 aliphatic carbocycles. The third kappa shape index (κ3) is 0.533. The Morgan fingerprint density at radius 1 is 1.83 bits per heavy atom. The van der Waals surface area contributed by atoms with Crippen molar-refractivity contribution in [3.63, 3.8) is 0 Å². The Morgan fingerprint density at radius 2 is 2.33 bits per heavy atom. The van der Waals surface area contributed by atoms with Gasteiger partial charge in [-0.05, 0) is 6.42 Å². The van der Waals surface area contributed by atoms with E-state index in [1.54, 1.807) is 0 Å². The molecule has 36 valence electrons. The lowest BCUT2D eigenvalue weighted by atomic mass is 10.3. The molecule has 2 nitrogen and oxygen atoms in total. The highest BCUT2D eigenvalue weighted by atomic mass is 16.6. The normalized spacial score (nSPS) is 43.0. The summed E-state index contributed by atoms with van der Waals surface area (Å²) >= 11 is 0. The van der Waals surface area contributed by atoms with Gasteiger partial charge in [0.25, 0.3) is 0 Å². The van der Waals surface area contributed by atoms with Gasteiger partial charge in [0.15, 0.2) is 0 Å². The van der Waals surface area contributed by atoms with Gasteiger partial charge in [-0.15, -0.1) is 0 Å². The zero-order valence-corrected chi connectivity index (χ0v) is 3.85. The first kappa shape index (κ1) is 4.09. The van der Waals surface area contributed by atoms with Crippen molar-refractivity contribution in [2.24, 2.45) is 5.73 Å². The van der Waals surface area contributed by atoms with E-state index in [4.69, 9.17) is 10.5 Å². The summed E-state index contributed by atoms with van der Waals surface area (Å²) < 4.78 is 4.84. The average Bonchev–Trinajstić information content (AvgIpc) is 2.19. The van der Waals surface area contributed by atoms with Gasteiger partial charge in [0.05, 0.1) is 6.10 Å². The molecule has 0 aromatic heterocycles. The molecule has 1 heterocycles. The molecule has 1 aliphatic heterocycles. The van der Waals surface area contributed by atoms with E-state index in [1.165, 1.54) is 0 Å². The van der Waals surface area contributed by atoms with E-state index >= 15 is 0 Å². The first-order chi connectivity index (χ1) is 2.84. The summed E-state index contributed by atoms with van der Waals surface area (Å²) in [7, 11) is 0. The highest BCUT2D eigenvalue weighted by Gasteiger charge is 2.32. The molecule has 1 rings (SSSR count). The molecule has 0 bridgehead atoms. The molecule has 1 saturated heterocycles. The Kier molecular flexibility index (Phi) is 0.821. The SMILES string of the molecule is CC[C@H]1O[C@H]1N. The standard InChI is InChI=1S/C4H9NO/c1-2-3-4(5)6-3/h3-4H,2,5H2,1H3/t3-,4-/m1/s1. The highest BCUT2D eigenvalue weighted by molar-refractivity contribution is 4.76. The van der Waals surface area contributed by atoms with Gasteiger partial charge in [0.2, 0.25) is 0 Å². The van der Waals surface area contributed by atoms with E-state index in [2.05, 4.69) is 6.92 Å². The number of ether oxygens (including phenoxy) is 1. The summed E-state index contributed by atoms with van der Waals surface area (Å²) in [6.07, 6.45) is 1.50. The molecule has 0 unspecified atom stereocenters. The molecule has 2 heteroatoms. The number of hydrogen-bond acceptors (Lipinski definition) is 2. The maximum Gasteiger partial charge on any atom is 0.132 e. The van der Waals surface area contributed by atoms with Gasteiger partial charge in [-0.25, -0.2) is 0 Å². The topological polar surface area (TPSA) is 38.5 Å². The van der Waals surface area contributed by atoms with Crippen molar-refractivity contribution in [1.29, 1.82) is 0 Å². The van der Waals surface area contributed by atoms with E-state index in [-0.39, 0.29) is 6.23 Å². The predicted molar refractivity (Wildman–Crippen MR) is 23.1 cm³/mol. The first-order valence-corrected chi connectivity index (χ1v) is 2.25. The van der Waals surface area contributed by atoms with E-state index < -0.39 is 0 Å². The van der Waals surface area contributed by atoms with Crippen molar-refractivity contribution < 1.29 is 4.74 Å². The average molecular weight is 87.1 g/mol. The van der Waals surface area contributed by atoms with Crippen LogP contribution < -0.4 is 5.73 Å². The third-order valence-corrected chi connectivity index (χ3v) is 1.02. The van der Waals surface area contributed by atoms with Gasteiger partial charge in [0.1, 0.15) is 6.23 Å². The van der Waals surface area contributed by atoms with Crippen LogP contribution in [0.2, 0.25) is 0 Å². The number of rotatable bonds is 1. The molecule has 0 radical (unpaired) electrons. The molecular formula is C4H9NO. The van der Waals surface area contributed by atoms with E-state index in [0.717, 1.165) is 6.42 Å². The molecule has 0 spiro atoms. The van der Waals surface area contributed by atoms with Gasteiger partial charge in [-0.2, -0.15) is 0 Å². The van der Waals surface area contributed by atoms with Crippen molar-refractivity contribution in [3.8, 4) is 0 Å². The Morgan fingerprint density at radius 3 is 2.33 bits per heavy atom. The lowest BCUT2D eigenvalue weighted by Crippen LogP contribution is -2.03. The lowest BCUT2D eigenvalue weighted by molar-refractivity contribution is 0.370. The number of epoxide rings is 1. The summed E-state index contributed by atoms with van der Waals surface area (Å²) in [6, 6.07) is 0. The Bertz CT molecular complexity index is 53.5. The summed E-state index contributed by atoms with van der Waals surface area (Å²) in [6.45, 7) is 2.07. The number of hydrogen-bond donors (Lipinski definition) is 1. The summed E-state index contributed by atoms with van der Waals surface area (Å²) in [5.41, 5.74) is 5.25. The second kappa shape index (κ2) is 1.21. The first-order valence-electron chi connectivity index (χ1n) is 2.25. The van der Waals surface area contributed by atoms with E-state index in [1.807, 2.05) is 0 Å². The smallest absolute Gasteiger partial charge is 0.132 e. The fourth-order valence-electron chi connectivity index (χ4n) is 0.485. The van der Waals surface area contributed by atoms with Crippen LogP contribution in [0.25, 0.3) is 0 Å². The summed E-state index contributed by atoms with van der Waals surface area (Å²) in [5, 5.41) is 0. The fourth-order valence-corrected chi connectivity index (χ4v) is 0.485. The highest BCUT2D eigenvalue weighted by Crippen LogP contribution is 2.18. The largest absolute Gasteiger partial charge is 0.353 e. The van der Waals surface area contributed by atoms with Crippen LogP contribution in [0.15, 0.2) is 0 Å². The third-order valence-electron chi connectivity index (χ3n) is 1.02. The summed E-state index contributed by atoms with van der Waals surface area (Å²) in [5.74, 6) is 0. The van der Waals surface area contributed by atoms with Crippen molar-refractivity contribution >= 4 is 0 Å². The van der Waals surface area contributed by atoms with Gasteiger partial charge >= 0.3 is 0 Å². The molecule has 1 fully saturated rings. The van der Waals surface area contributed by atoms with Gasteiger partial charge in [-0.3, -0.25) is 0 Å². The monoisotopic (exact) mass is 87.1 g/mol. The second-order valence-electron chi connectivity index (χ2n) is 1.55. The molecule has 0 amide bonds.